The Kier molecular flexibility index (Phi) is 5.05. The van der Waals surface area contributed by atoms with Gasteiger partial charge in [-0.15, -0.1) is 0 Å². The van der Waals surface area contributed by atoms with E-state index in [-0.39, 0.29) is 23.5 Å². The van der Waals surface area contributed by atoms with Gasteiger partial charge in [-0.05, 0) is 51.7 Å². The SMILES string of the molecule is C[C@@H]1C[C@H](c2cc(NOC(=O)c3ccccc3)n(C(C)(C)C)n2)C[C@H]1O. The monoisotopic (exact) mass is 357 g/mol. The maximum absolute atomic E-state index is 12.2. The van der Waals surface area contributed by atoms with E-state index in [1.54, 1.807) is 24.3 Å². The number of hydrogen-bond donors (Lipinski definition) is 2. The van der Waals surface area contributed by atoms with Gasteiger partial charge in [-0.25, -0.2) is 15.0 Å². The normalized spacial score (nSPS) is 23.0. The quantitative estimate of drug-likeness (QED) is 0.816. The number of benzene rings is 1. The summed E-state index contributed by atoms with van der Waals surface area (Å²) in [5.74, 6) is 0.672. The summed E-state index contributed by atoms with van der Waals surface area (Å²) in [6.45, 7) is 8.19. The van der Waals surface area contributed by atoms with Crippen LogP contribution in [0.2, 0.25) is 0 Å². The number of nitrogens with zero attached hydrogens (tertiary/aromatic N) is 2. The Balaban J connectivity index is 1.78. The second kappa shape index (κ2) is 7.11. The average Bonchev–Trinajstić information content (AvgIpc) is 3.17. The second-order valence-electron chi connectivity index (χ2n) is 8.11. The lowest BCUT2D eigenvalue weighted by molar-refractivity contribution is 0.0591. The van der Waals surface area contributed by atoms with Crippen molar-refractivity contribution in [3.8, 4) is 0 Å². The van der Waals surface area contributed by atoms with Gasteiger partial charge in [0.25, 0.3) is 0 Å². The minimum Gasteiger partial charge on any atom is -0.393 e. The van der Waals surface area contributed by atoms with Crippen molar-refractivity contribution in [2.45, 2.75) is 58.1 Å². The first-order valence-corrected chi connectivity index (χ1v) is 9.06. The third-order valence-electron chi connectivity index (χ3n) is 4.88. The molecule has 0 spiro atoms. The van der Waals surface area contributed by atoms with Crippen molar-refractivity contribution in [2.75, 3.05) is 5.48 Å². The predicted octanol–water partition coefficient (Wildman–Crippen LogP) is 3.70. The largest absolute Gasteiger partial charge is 0.393 e. The lowest BCUT2D eigenvalue weighted by Crippen LogP contribution is -2.26. The van der Waals surface area contributed by atoms with Crippen LogP contribution in [0.15, 0.2) is 36.4 Å². The van der Waals surface area contributed by atoms with Gasteiger partial charge in [0.2, 0.25) is 0 Å². The number of nitrogens with one attached hydrogen (secondary N) is 1. The lowest BCUT2D eigenvalue weighted by Gasteiger charge is -2.22. The summed E-state index contributed by atoms with van der Waals surface area (Å²) in [5, 5.41) is 14.8. The highest BCUT2D eigenvalue weighted by molar-refractivity contribution is 5.89. The van der Waals surface area contributed by atoms with Gasteiger partial charge < -0.3 is 9.94 Å². The van der Waals surface area contributed by atoms with Crippen LogP contribution in [0.3, 0.4) is 0 Å². The molecular formula is C20H27N3O3. The molecular weight excluding hydrogens is 330 g/mol. The molecule has 2 N–H and O–H groups in total. The van der Waals surface area contributed by atoms with Crippen LogP contribution in [0, 0.1) is 5.92 Å². The minimum atomic E-state index is -0.446. The highest BCUT2D eigenvalue weighted by Crippen LogP contribution is 2.39. The molecule has 1 aromatic carbocycles. The Labute approximate surface area is 154 Å². The number of aliphatic hydroxyl groups excluding tert-OH is 1. The first-order chi connectivity index (χ1) is 12.3. The van der Waals surface area contributed by atoms with Crippen molar-refractivity contribution >= 4 is 11.8 Å². The van der Waals surface area contributed by atoms with Crippen LogP contribution in [0.5, 0.6) is 0 Å². The van der Waals surface area contributed by atoms with Crippen LogP contribution < -0.4 is 5.48 Å². The number of carbonyl (C=O) groups excluding carboxylic acids is 1. The van der Waals surface area contributed by atoms with Gasteiger partial charge in [0.05, 0.1) is 22.9 Å². The zero-order valence-electron chi connectivity index (χ0n) is 15.8. The Bertz CT molecular complexity index is 754. The summed E-state index contributed by atoms with van der Waals surface area (Å²) in [7, 11) is 0. The molecule has 0 unspecified atom stereocenters. The van der Waals surface area contributed by atoms with Gasteiger partial charge in [-0.1, -0.05) is 25.1 Å². The minimum absolute atomic E-state index is 0.217. The first kappa shape index (κ1) is 18.5. The van der Waals surface area contributed by atoms with E-state index in [0.717, 1.165) is 12.1 Å². The third kappa shape index (κ3) is 3.90. The summed E-state index contributed by atoms with van der Waals surface area (Å²) in [5.41, 5.74) is 3.90. The number of carbonyl (C=O) groups is 1. The van der Waals surface area contributed by atoms with E-state index >= 15 is 0 Å². The number of rotatable bonds is 4. The van der Waals surface area contributed by atoms with Crippen molar-refractivity contribution in [2.24, 2.45) is 5.92 Å². The Morgan fingerprint density at radius 3 is 2.54 bits per heavy atom. The van der Waals surface area contributed by atoms with Crippen molar-refractivity contribution in [3.63, 3.8) is 0 Å². The van der Waals surface area contributed by atoms with Crippen molar-refractivity contribution in [1.29, 1.82) is 0 Å². The Morgan fingerprint density at radius 2 is 1.96 bits per heavy atom. The van der Waals surface area contributed by atoms with Gasteiger partial charge in [0.1, 0.15) is 0 Å². The molecule has 1 saturated carbocycles. The summed E-state index contributed by atoms with van der Waals surface area (Å²) >= 11 is 0. The van der Waals surface area contributed by atoms with Gasteiger partial charge >= 0.3 is 5.97 Å². The van der Waals surface area contributed by atoms with E-state index in [0.29, 0.717) is 17.8 Å². The lowest BCUT2D eigenvalue weighted by atomic mass is 10.0. The van der Waals surface area contributed by atoms with Gasteiger partial charge in [-0.2, -0.15) is 5.10 Å². The fraction of sp³-hybridized carbons (Fsp3) is 0.500. The van der Waals surface area contributed by atoms with Crippen LogP contribution in [0.25, 0.3) is 0 Å². The van der Waals surface area contributed by atoms with E-state index < -0.39 is 5.97 Å². The molecule has 1 aromatic heterocycles. The third-order valence-corrected chi connectivity index (χ3v) is 4.88. The van der Waals surface area contributed by atoms with Crippen LogP contribution >= 0.6 is 0 Å². The summed E-state index contributed by atoms with van der Waals surface area (Å²) < 4.78 is 1.83. The van der Waals surface area contributed by atoms with E-state index in [2.05, 4.69) is 12.4 Å². The highest BCUT2D eigenvalue weighted by Gasteiger charge is 2.33. The standard InChI is InChI=1S/C20H27N3O3/c1-13-10-15(11-17(13)24)16-12-18(23(21-16)20(2,3)4)22-26-19(25)14-8-6-5-7-9-14/h5-9,12-13,15,17,22,24H,10-11H2,1-4H3/t13-,15+,17-/m1/s1. The molecule has 3 rings (SSSR count). The van der Waals surface area contributed by atoms with E-state index in [9.17, 15) is 9.90 Å². The molecule has 1 aliphatic carbocycles. The van der Waals surface area contributed by atoms with E-state index in [4.69, 9.17) is 9.94 Å². The van der Waals surface area contributed by atoms with Gasteiger partial charge in [0, 0.05) is 12.0 Å². The second-order valence-corrected chi connectivity index (χ2v) is 8.11. The van der Waals surface area contributed by atoms with Crippen LogP contribution in [0.1, 0.15) is 62.5 Å². The van der Waals surface area contributed by atoms with E-state index in [1.165, 1.54) is 0 Å². The molecule has 6 nitrogen and oxygen atoms in total. The zero-order valence-corrected chi connectivity index (χ0v) is 15.8. The fourth-order valence-corrected chi connectivity index (χ4v) is 3.38. The molecule has 0 amide bonds. The fourth-order valence-electron chi connectivity index (χ4n) is 3.38. The molecule has 3 atom stereocenters. The van der Waals surface area contributed by atoms with E-state index in [1.807, 2.05) is 37.6 Å². The highest BCUT2D eigenvalue weighted by atomic mass is 16.7. The molecule has 1 aliphatic rings. The molecule has 0 saturated heterocycles. The molecule has 0 radical (unpaired) electrons. The predicted molar refractivity (Wildman–Crippen MR) is 99.8 cm³/mol. The van der Waals surface area contributed by atoms with Crippen LogP contribution in [0.4, 0.5) is 5.82 Å². The maximum Gasteiger partial charge on any atom is 0.362 e. The molecule has 140 valence electrons. The summed E-state index contributed by atoms with van der Waals surface area (Å²) in [4.78, 5) is 17.4. The zero-order chi connectivity index (χ0) is 18.9. The Morgan fingerprint density at radius 1 is 1.27 bits per heavy atom. The van der Waals surface area contributed by atoms with Gasteiger partial charge in [0.15, 0.2) is 5.82 Å². The topological polar surface area (TPSA) is 76.4 Å². The first-order valence-electron chi connectivity index (χ1n) is 9.06. The molecule has 1 heterocycles. The smallest absolute Gasteiger partial charge is 0.362 e. The van der Waals surface area contributed by atoms with Crippen molar-refractivity contribution in [3.05, 3.63) is 47.7 Å². The molecule has 0 bridgehead atoms. The summed E-state index contributed by atoms with van der Waals surface area (Å²) in [6, 6.07) is 10.8. The maximum atomic E-state index is 12.2. The van der Waals surface area contributed by atoms with Gasteiger partial charge in [-0.3, -0.25) is 0 Å². The summed E-state index contributed by atoms with van der Waals surface area (Å²) in [6.07, 6.45) is 1.34. The number of aliphatic hydroxyl groups is 1. The van der Waals surface area contributed by atoms with Crippen LogP contribution in [-0.2, 0) is 10.4 Å². The molecule has 0 aliphatic heterocycles. The number of anilines is 1. The molecule has 26 heavy (non-hydrogen) atoms. The molecule has 1 fully saturated rings. The van der Waals surface area contributed by atoms with Crippen molar-refractivity contribution < 1.29 is 14.7 Å². The van der Waals surface area contributed by atoms with Crippen LogP contribution in [-0.4, -0.2) is 27.0 Å². The number of aromatic nitrogens is 2. The molecule has 6 heteroatoms. The number of hydrogen-bond acceptors (Lipinski definition) is 5. The van der Waals surface area contributed by atoms with Crippen molar-refractivity contribution in [1.82, 2.24) is 9.78 Å². The average molecular weight is 357 g/mol. The molecule has 2 aromatic rings. The Hall–Kier alpha value is -2.34.